The minimum Gasteiger partial charge on any atom is -0.465 e. The quantitative estimate of drug-likeness (QED) is 0.705. The van der Waals surface area contributed by atoms with Crippen molar-refractivity contribution in [3.8, 4) is 0 Å². The van der Waals surface area contributed by atoms with Crippen LogP contribution in [0.1, 0.15) is 31.5 Å². The lowest BCUT2D eigenvalue weighted by molar-refractivity contribution is -0.146. The maximum Gasteiger partial charge on any atom is 0.321 e. The molecule has 0 saturated heterocycles. The van der Waals surface area contributed by atoms with Gasteiger partial charge >= 0.3 is 5.97 Å². The van der Waals surface area contributed by atoms with Crippen LogP contribution in [0, 0.1) is 0 Å². The van der Waals surface area contributed by atoms with Gasteiger partial charge in [0.05, 0.1) is 13.2 Å². The lowest BCUT2D eigenvalue weighted by atomic mass is 10.1. The molecule has 6 heteroatoms. The van der Waals surface area contributed by atoms with E-state index in [2.05, 4.69) is 10.1 Å². The molecule has 1 heterocycles. The van der Waals surface area contributed by atoms with E-state index in [9.17, 15) is 4.79 Å². The standard InChI is InChI=1S/C11H17N3O3/c1-4-16-10(15)11(5-6-11)9-12-8(13-17-9)7-14(2)3/h4-7H2,1-3H3. The first-order valence-electron chi connectivity index (χ1n) is 5.73. The largest absolute Gasteiger partial charge is 0.465 e. The number of rotatable bonds is 5. The second-order valence-electron chi connectivity index (χ2n) is 4.56. The maximum absolute atomic E-state index is 11.8. The zero-order valence-corrected chi connectivity index (χ0v) is 10.4. The van der Waals surface area contributed by atoms with Gasteiger partial charge < -0.3 is 14.2 Å². The highest BCUT2D eigenvalue weighted by molar-refractivity contribution is 5.85. The molecule has 0 aromatic carbocycles. The molecule has 1 saturated carbocycles. The number of aromatic nitrogens is 2. The van der Waals surface area contributed by atoms with Gasteiger partial charge in [0.1, 0.15) is 5.41 Å². The summed E-state index contributed by atoms with van der Waals surface area (Å²) in [6, 6.07) is 0. The minimum absolute atomic E-state index is 0.250. The number of hydrogen-bond acceptors (Lipinski definition) is 6. The molecular formula is C11H17N3O3. The van der Waals surface area contributed by atoms with Gasteiger partial charge in [-0.2, -0.15) is 4.98 Å². The minimum atomic E-state index is -0.659. The first-order chi connectivity index (χ1) is 8.08. The van der Waals surface area contributed by atoms with E-state index in [-0.39, 0.29) is 5.97 Å². The third-order valence-corrected chi connectivity index (χ3v) is 2.75. The Hall–Kier alpha value is -1.43. The monoisotopic (exact) mass is 239 g/mol. The number of ether oxygens (including phenoxy) is 1. The summed E-state index contributed by atoms with van der Waals surface area (Å²) in [6.07, 6.45) is 1.46. The maximum atomic E-state index is 11.8. The molecule has 1 aliphatic carbocycles. The van der Waals surface area contributed by atoms with Crippen molar-refractivity contribution >= 4 is 5.97 Å². The van der Waals surface area contributed by atoms with Crippen LogP contribution in [0.5, 0.6) is 0 Å². The highest BCUT2D eigenvalue weighted by Gasteiger charge is 2.57. The van der Waals surface area contributed by atoms with E-state index in [1.807, 2.05) is 19.0 Å². The second-order valence-corrected chi connectivity index (χ2v) is 4.56. The Balaban J connectivity index is 2.12. The highest BCUT2D eigenvalue weighted by atomic mass is 16.5. The molecule has 0 spiro atoms. The summed E-state index contributed by atoms with van der Waals surface area (Å²) in [5, 5.41) is 3.87. The molecule has 0 atom stereocenters. The number of carbonyl (C=O) groups is 1. The van der Waals surface area contributed by atoms with Gasteiger partial charge in [0.2, 0.25) is 5.89 Å². The van der Waals surface area contributed by atoms with E-state index in [1.54, 1.807) is 6.92 Å². The molecule has 94 valence electrons. The van der Waals surface area contributed by atoms with E-state index in [1.165, 1.54) is 0 Å². The van der Waals surface area contributed by atoms with Crippen LogP contribution < -0.4 is 0 Å². The average Bonchev–Trinajstić information content (AvgIpc) is 2.95. The van der Waals surface area contributed by atoms with Crippen LogP contribution in [0.3, 0.4) is 0 Å². The van der Waals surface area contributed by atoms with Gasteiger partial charge in [-0.05, 0) is 33.9 Å². The molecular weight excluding hydrogens is 222 g/mol. The summed E-state index contributed by atoms with van der Waals surface area (Å²) in [7, 11) is 3.85. The fourth-order valence-electron chi connectivity index (χ4n) is 1.69. The molecule has 0 radical (unpaired) electrons. The summed E-state index contributed by atoms with van der Waals surface area (Å²) < 4.78 is 10.2. The third kappa shape index (κ3) is 2.31. The van der Waals surface area contributed by atoms with Crippen LogP contribution in [0.25, 0.3) is 0 Å². The number of nitrogens with zero attached hydrogens (tertiary/aromatic N) is 3. The molecule has 6 nitrogen and oxygen atoms in total. The number of carbonyl (C=O) groups excluding carboxylic acids is 1. The Morgan fingerprint density at radius 1 is 1.53 bits per heavy atom. The summed E-state index contributed by atoms with van der Waals surface area (Å²) in [5.74, 6) is 0.744. The van der Waals surface area contributed by atoms with Crippen LogP contribution in [0.4, 0.5) is 0 Å². The molecule has 1 aromatic heterocycles. The molecule has 0 N–H and O–H groups in total. The fourth-order valence-corrected chi connectivity index (χ4v) is 1.69. The Morgan fingerprint density at radius 2 is 2.24 bits per heavy atom. The third-order valence-electron chi connectivity index (χ3n) is 2.75. The van der Waals surface area contributed by atoms with Crippen LogP contribution in [-0.4, -0.2) is 41.7 Å². The fraction of sp³-hybridized carbons (Fsp3) is 0.727. The van der Waals surface area contributed by atoms with Gasteiger partial charge in [-0.1, -0.05) is 5.16 Å². The van der Waals surface area contributed by atoms with Crippen molar-refractivity contribution < 1.29 is 14.1 Å². The number of hydrogen-bond donors (Lipinski definition) is 0. The summed E-state index contributed by atoms with van der Waals surface area (Å²) in [4.78, 5) is 18.0. The summed E-state index contributed by atoms with van der Waals surface area (Å²) >= 11 is 0. The average molecular weight is 239 g/mol. The van der Waals surface area contributed by atoms with Crippen LogP contribution >= 0.6 is 0 Å². The van der Waals surface area contributed by atoms with Gasteiger partial charge in [-0.25, -0.2) is 0 Å². The van der Waals surface area contributed by atoms with Crippen molar-refractivity contribution in [2.75, 3.05) is 20.7 Å². The zero-order valence-electron chi connectivity index (χ0n) is 10.4. The predicted octanol–water partition coefficient (Wildman–Crippen LogP) is 0.726. The normalized spacial score (nSPS) is 17.2. The smallest absolute Gasteiger partial charge is 0.321 e. The molecule has 1 aliphatic rings. The first-order valence-corrected chi connectivity index (χ1v) is 5.73. The molecule has 17 heavy (non-hydrogen) atoms. The Bertz CT molecular complexity index is 410. The zero-order chi connectivity index (χ0) is 12.5. The van der Waals surface area contributed by atoms with Gasteiger partial charge in [-0.3, -0.25) is 4.79 Å². The molecule has 1 aromatic rings. The predicted molar refractivity (Wildman–Crippen MR) is 59.2 cm³/mol. The van der Waals surface area contributed by atoms with Crippen molar-refractivity contribution in [3.63, 3.8) is 0 Å². The molecule has 0 amide bonds. The van der Waals surface area contributed by atoms with Crippen LogP contribution in [-0.2, 0) is 21.5 Å². The van der Waals surface area contributed by atoms with Gasteiger partial charge in [-0.15, -0.1) is 0 Å². The van der Waals surface area contributed by atoms with Gasteiger partial charge in [0, 0.05) is 0 Å². The molecule has 0 bridgehead atoms. The van der Waals surface area contributed by atoms with Crippen molar-refractivity contribution in [2.24, 2.45) is 0 Å². The SMILES string of the molecule is CCOC(=O)C1(c2nc(CN(C)C)no2)CC1. The molecule has 2 rings (SSSR count). The lowest BCUT2D eigenvalue weighted by Crippen LogP contribution is -2.23. The van der Waals surface area contributed by atoms with Crippen molar-refractivity contribution in [3.05, 3.63) is 11.7 Å². The molecule has 0 aliphatic heterocycles. The van der Waals surface area contributed by atoms with Crippen molar-refractivity contribution in [1.29, 1.82) is 0 Å². The van der Waals surface area contributed by atoms with Gasteiger partial charge in [0.25, 0.3) is 0 Å². The van der Waals surface area contributed by atoms with Gasteiger partial charge in [0.15, 0.2) is 5.82 Å². The van der Waals surface area contributed by atoms with E-state index >= 15 is 0 Å². The first kappa shape index (κ1) is 12.0. The number of esters is 1. The van der Waals surface area contributed by atoms with E-state index in [0.29, 0.717) is 24.9 Å². The molecule has 1 fully saturated rings. The molecule has 0 unspecified atom stereocenters. The summed E-state index contributed by atoms with van der Waals surface area (Å²) in [5.41, 5.74) is -0.659. The summed E-state index contributed by atoms with van der Waals surface area (Å²) in [6.45, 7) is 2.76. The van der Waals surface area contributed by atoms with Crippen molar-refractivity contribution in [1.82, 2.24) is 15.0 Å². The Kier molecular flexibility index (Phi) is 3.15. The highest BCUT2D eigenvalue weighted by Crippen LogP contribution is 2.48. The Labute approximate surface area is 99.9 Å². The second kappa shape index (κ2) is 4.44. The van der Waals surface area contributed by atoms with E-state index < -0.39 is 5.41 Å². The Morgan fingerprint density at radius 3 is 2.76 bits per heavy atom. The topological polar surface area (TPSA) is 68.5 Å². The van der Waals surface area contributed by atoms with E-state index in [0.717, 1.165) is 12.8 Å². The van der Waals surface area contributed by atoms with E-state index in [4.69, 9.17) is 9.26 Å². The van der Waals surface area contributed by atoms with Crippen molar-refractivity contribution in [2.45, 2.75) is 31.7 Å². The van der Waals surface area contributed by atoms with Crippen LogP contribution in [0.2, 0.25) is 0 Å². The lowest BCUT2D eigenvalue weighted by Gasteiger charge is -2.08. The van der Waals surface area contributed by atoms with Crippen LogP contribution in [0.15, 0.2) is 4.52 Å².